The molecule has 1 unspecified atom stereocenters. The van der Waals surface area contributed by atoms with Crippen LogP contribution in [0.4, 0.5) is 5.82 Å². The van der Waals surface area contributed by atoms with Crippen LogP contribution in [0.15, 0.2) is 23.4 Å². The summed E-state index contributed by atoms with van der Waals surface area (Å²) in [7, 11) is 1.61. The van der Waals surface area contributed by atoms with Crippen molar-refractivity contribution in [2.24, 2.45) is 10.9 Å². The highest BCUT2D eigenvalue weighted by atomic mass is 16.5. The molecule has 1 atom stereocenters. The summed E-state index contributed by atoms with van der Waals surface area (Å²) in [6.45, 7) is 5.33. The number of rotatable bonds is 4. The third-order valence-corrected chi connectivity index (χ3v) is 3.65. The molecule has 0 saturated carbocycles. The number of oxime groups is 1. The minimum Gasteiger partial charge on any atom is -0.481 e. The van der Waals surface area contributed by atoms with Crippen molar-refractivity contribution in [2.75, 3.05) is 38.2 Å². The van der Waals surface area contributed by atoms with E-state index in [2.05, 4.69) is 19.9 Å². The number of aromatic nitrogens is 1. The van der Waals surface area contributed by atoms with E-state index in [1.165, 1.54) is 0 Å². The van der Waals surface area contributed by atoms with E-state index in [9.17, 15) is 0 Å². The second kappa shape index (κ2) is 6.42. The second-order valence-corrected chi connectivity index (χ2v) is 4.76. The van der Waals surface area contributed by atoms with Crippen LogP contribution in [0.1, 0.15) is 6.92 Å². The number of hydrogen-bond acceptors (Lipinski definition) is 6. The Bertz CT molecular complexity index is 472. The van der Waals surface area contributed by atoms with Gasteiger partial charge in [-0.2, -0.15) is 4.98 Å². The maximum absolute atomic E-state index is 8.73. The van der Waals surface area contributed by atoms with Gasteiger partial charge in [-0.15, -0.1) is 0 Å². The third kappa shape index (κ3) is 3.11. The molecule has 2 rings (SSSR count). The largest absolute Gasteiger partial charge is 0.481 e. The van der Waals surface area contributed by atoms with E-state index in [0.29, 0.717) is 5.88 Å². The van der Waals surface area contributed by atoms with Crippen LogP contribution in [-0.4, -0.2) is 60.3 Å². The van der Waals surface area contributed by atoms with E-state index in [-0.39, 0.29) is 11.9 Å². The van der Waals surface area contributed by atoms with Gasteiger partial charge in [-0.3, -0.25) is 4.90 Å². The molecule has 0 aromatic carbocycles. The van der Waals surface area contributed by atoms with E-state index in [0.717, 1.165) is 32.0 Å². The molecule has 20 heavy (non-hydrogen) atoms. The zero-order valence-electron chi connectivity index (χ0n) is 11.9. The predicted octanol–water partition coefficient (Wildman–Crippen LogP) is 0.347. The van der Waals surface area contributed by atoms with Crippen LogP contribution in [0, 0.1) is 0 Å². The predicted molar refractivity (Wildman–Crippen MR) is 77.4 cm³/mol. The van der Waals surface area contributed by atoms with Gasteiger partial charge in [0.2, 0.25) is 5.88 Å². The summed E-state index contributed by atoms with van der Waals surface area (Å²) in [5.74, 6) is 1.79. The first-order valence-corrected chi connectivity index (χ1v) is 6.63. The van der Waals surface area contributed by atoms with Gasteiger partial charge in [-0.1, -0.05) is 11.2 Å². The fourth-order valence-corrected chi connectivity index (χ4v) is 2.30. The van der Waals surface area contributed by atoms with Crippen LogP contribution in [0.5, 0.6) is 5.88 Å². The van der Waals surface area contributed by atoms with Gasteiger partial charge < -0.3 is 20.6 Å². The summed E-state index contributed by atoms with van der Waals surface area (Å²) in [5.41, 5.74) is 5.65. The number of pyridine rings is 1. The van der Waals surface area contributed by atoms with Crippen molar-refractivity contribution in [3.63, 3.8) is 0 Å². The SMILES string of the molecule is COc1cccc(N2CCN(C(C)C(N)=NO)CC2)n1. The lowest BCUT2D eigenvalue weighted by Gasteiger charge is -2.38. The highest BCUT2D eigenvalue weighted by molar-refractivity contribution is 5.84. The van der Waals surface area contributed by atoms with Gasteiger partial charge in [0.05, 0.1) is 13.2 Å². The molecule has 0 radical (unpaired) electrons. The van der Waals surface area contributed by atoms with Gasteiger partial charge in [-0.25, -0.2) is 0 Å². The van der Waals surface area contributed by atoms with Crippen LogP contribution < -0.4 is 15.4 Å². The monoisotopic (exact) mass is 279 g/mol. The summed E-state index contributed by atoms with van der Waals surface area (Å²) < 4.78 is 5.14. The molecular weight excluding hydrogens is 258 g/mol. The molecule has 1 fully saturated rings. The molecule has 0 amide bonds. The van der Waals surface area contributed by atoms with E-state index < -0.39 is 0 Å². The van der Waals surface area contributed by atoms with Gasteiger partial charge in [0.1, 0.15) is 5.82 Å². The molecule has 7 heteroatoms. The fraction of sp³-hybridized carbons (Fsp3) is 0.538. The van der Waals surface area contributed by atoms with Crippen molar-refractivity contribution >= 4 is 11.7 Å². The summed E-state index contributed by atoms with van der Waals surface area (Å²) in [4.78, 5) is 8.83. The Labute approximate surface area is 118 Å². The number of anilines is 1. The molecule has 1 aromatic heterocycles. The molecule has 0 spiro atoms. The van der Waals surface area contributed by atoms with E-state index >= 15 is 0 Å². The first-order valence-electron chi connectivity index (χ1n) is 6.63. The summed E-state index contributed by atoms with van der Waals surface area (Å²) in [5, 5.41) is 11.8. The average molecular weight is 279 g/mol. The molecule has 3 N–H and O–H groups in total. The first kappa shape index (κ1) is 14.4. The fourth-order valence-electron chi connectivity index (χ4n) is 2.30. The molecule has 110 valence electrons. The average Bonchev–Trinajstić information content (AvgIpc) is 2.53. The summed E-state index contributed by atoms with van der Waals surface area (Å²) >= 11 is 0. The van der Waals surface area contributed by atoms with Crippen molar-refractivity contribution < 1.29 is 9.94 Å². The molecular formula is C13H21N5O2. The number of piperazine rings is 1. The lowest BCUT2D eigenvalue weighted by Crippen LogP contribution is -2.53. The van der Waals surface area contributed by atoms with Gasteiger partial charge in [0.25, 0.3) is 0 Å². The number of ether oxygens (including phenoxy) is 1. The Morgan fingerprint density at radius 3 is 2.70 bits per heavy atom. The third-order valence-electron chi connectivity index (χ3n) is 3.65. The maximum atomic E-state index is 8.73. The van der Waals surface area contributed by atoms with Crippen molar-refractivity contribution in [1.82, 2.24) is 9.88 Å². The van der Waals surface area contributed by atoms with Crippen molar-refractivity contribution in [1.29, 1.82) is 0 Å². The van der Waals surface area contributed by atoms with E-state index in [4.69, 9.17) is 15.7 Å². The Morgan fingerprint density at radius 1 is 1.40 bits per heavy atom. The van der Waals surface area contributed by atoms with Crippen LogP contribution in [-0.2, 0) is 0 Å². The molecule has 2 heterocycles. The van der Waals surface area contributed by atoms with Crippen LogP contribution >= 0.6 is 0 Å². The number of nitrogens with zero attached hydrogens (tertiary/aromatic N) is 4. The zero-order chi connectivity index (χ0) is 14.5. The standard InChI is InChI=1S/C13H21N5O2/c1-10(13(14)16-19)17-6-8-18(9-7-17)11-4-3-5-12(15-11)20-2/h3-5,10,19H,6-9H2,1-2H3,(H2,14,16). The molecule has 0 bridgehead atoms. The Balaban J connectivity index is 1.97. The molecule has 1 saturated heterocycles. The lowest BCUT2D eigenvalue weighted by molar-refractivity contribution is 0.229. The molecule has 0 aliphatic carbocycles. The van der Waals surface area contributed by atoms with Gasteiger partial charge in [-0.05, 0) is 13.0 Å². The second-order valence-electron chi connectivity index (χ2n) is 4.76. The van der Waals surface area contributed by atoms with Gasteiger partial charge in [0, 0.05) is 32.2 Å². The van der Waals surface area contributed by atoms with Gasteiger partial charge in [0.15, 0.2) is 5.84 Å². The van der Waals surface area contributed by atoms with Crippen LogP contribution in [0.25, 0.3) is 0 Å². The summed E-state index contributed by atoms with van der Waals surface area (Å²) in [6, 6.07) is 5.69. The Morgan fingerprint density at radius 2 is 2.10 bits per heavy atom. The number of hydrogen-bond donors (Lipinski definition) is 2. The number of amidine groups is 1. The highest BCUT2D eigenvalue weighted by Crippen LogP contribution is 2.18. The lowest BCUT2D eigenvalue weighted by atomic mass is 10.2. The van der Waals surface area contributed by atoms with Crippen molar-refractivity contribution in [2.45, 2.75) is 13.0 Å². The molecule has 1 aromatic rings. The Hall–Kier alpha value is -2.02. The molecule has 7 nitrogen and oxygen atoms in total. The maximum Gasteiger partial charge on any atom is 0.214 e. The van der Waals surface area contributed by atoms with E-state index in [1.807, 2.05) is 25.1 Å². The number of methoxy groups -OCH3 is 1. The minimum absolute atomic E-state index is 0.0552. The zero-order valence-corrected chi connectivity index (χ0v) is 11.9. The Kier molecular flexibility index (Phi) is 4.62. The summed E-state index contributed by atoms with van der Waals surface area (Å²) in [6.07, 6.45) is 0. The quantitative estimate of drug-likeness (QED) is 0.358. The first-order chi connectivity index (χ1) is 9.65. The van der Waals surface area contributed by atoms with E-state index in [1.54, 1.807) is 7.11 Å². The topological polar surface area (TPSA) is 87.2 Å². The van der Waals surface area contributed by atoms with Crippen molar-refractivity contribution in [3.05, 3.63) is 18.2 Å². The van der Waals surface area contributed by atoms with Gasteiger partial charge >= 0.3 is 0 Å². The normalized spacial score (nSPS) is 18.9. The highest BCUT2D eigenvalue weighted by Gasteiger charge is 2.24. The van der Waals surface area contributed by atoms with Crippen LogP contribution in [0.3, 0.4) is 0 Å². The number of nitrogens with two attached hydrogens (primary N) is 1. The smallest absolute Gasteiger partial charge is 0.214 e. The molecule has 1 aliphatic heterocycles. The molecule has 1 aliphatic rings. The van der Waals surface area contributed by atoms with Crippen molar-refractivity contribution in [3.8, 4) is 5.88 Å². The minimum atomic E-state index is -0.0552. The van der Waals surface area contributed by atoms with Crippen LogP contribution in [0.2, 0.25) is 0 Å².